The highest BCUT2D eigenvalue weighted by atomic mass is 16.5. The van der Waals surface area contributed by atoms with Crippen molar-refractivity contribution in [2.24, 2.45) is 0 Å². The Morgan fingerprint density at radius 1 is 1.35 bits per heavy atom. The Bertz CT molecular complexity index is 496. The van der Waals surface area contributed by atoms with Crippen molar-refractivity contribution in [1.29, 1.82) is 0 Å². The van der Waals surface area contributed by atoms with Crippen LogP contribution in [0.3, 0.4) is 0 Å². The maximum Gasteiger partial charge on any atom is 0.254 e. The standard InChI is InChI=1S/C14H18N2O4/c1-20-12-4-2-3-11(9-12)14(19)16-7-5-15(6-8-16)10-13(17)18/h2-4,9H,5-8,10H2,1H3,(H,17,18). The SMILES string of the molecule is COc1cccc(C(=O)N2CC[NH+](CC(=O)[O-])CC2)c1. The molecule has 1 N–H and O–H groups in total. The van der Waals surface area contributed by atoms with E-state index in [0.717, 1.165) is 4.90 Å². The number of aliphatic carboxylic acids is 1. The number of carboxylic acids is 1. The third kappa shape index (κ3) is 3.48. The molecule has 0 saturated carbocycles. The molecule has 1 aliphatic rings. The number of hydrogen-bond donors (Lipinski definition) is 1. The van der Waals surface area contributed by atoms with E-state index in [0.29, 0.717) is 37.5 Å². The van der Waals surface area contributed by atoms with E-state index in [1.165, 1.54) is 0 Å². The molecule has 0 spiro atoms. The highest BCUT2D eigenvalue weighted by molar-refractivity contribution is 5.94. The van der Waals surface area contributed by atoms with Crippen molar-refractivity contribution in [3.63, 3.8) is 0 Å². The molecule has 0 atom stereocenters. The largest absolute Gasteiger partial charge is 0.544 e. The molecular weight excluding hydrogens is 260 g/mol. The fraction of sp³-hybridized carbons (Fsp3) is 0.429. The summed E-state index contributed by atoms with van der Waals surface area (Å²) >= 11 is 0. The van der Waals surface area contributed by atoms with Crippen LogP contribution in [0.25, 0.3) is 0 Å². The Balaban J connectivity index is 1.96. The molecule has 108 valence electrons. The minimum atomic E-state index is -1.05. The lowest BCUT2D eigenvalue weighted by molar-refractivity contribution is -0.898. The number of ether oxygens (including phenoxy) is 1. The van der Waals surface area contributed by atoms with Gasteiger partial charge in [-0.15, -0.1) is 0 Å². The van der Waals surface area contributed by atoms with Gasteiger partial charge in [-0.2, -0.15) is 0 Å². The van der Waals surface area contributed by atoms with Crippen LogP contribution in [-0.4, -0.2) is 56.6 Å². The first-order chi connectivity index (χ1) is 9.60. The number of nitrogens with zero attached hydrogens (tertiary/aromatic N) is 1. The average Bonchev–Trinajstić information content (AvgIpc) is 2.47. The number of nitrogens with one attached hydrogen (secondary N) is 1. The van der Waals surface area contributed by atoms with Gasteiger partial charge in [0.2, 0.25) is 0 Å². The summed E-state index contributed by atoms with van der Waals surface area (Å²) in [6.45, 7) is 2.37. The molecule has 1 aromatic carbocycles. The molecule has 0 aliphatic carbocycles. The zero-order valence-corrected chi connectivity index (χ0v) is 11.4. The molecule has 20 heavy (non-hydrogen) atoms. The Morgan fingerprint density at radius 2 is 2.05 bits per heavy atom. The van der Waals surface area contributed by atoms with Crippen molar-refractivity contribution < 1.29 is 24.3 Å². The summed E-state index contributed by atoms with van der Waals surface area (Å²) in [5.41, 5.74) is 0.590. The monoisotopic (exact) mass is 278 g/mol. The zero-order chi connectivity index (χ0) is 14.5. The molecular formula is C14H18N2O4. The molecule has 1 amide bonds. The fourth-order valence-corrected chi connectivity index (χ4v) is 2.35. The van der Waals surface area contributed by atoms with Crippen LogP contribution in [-0.2, 0) is 4.79 Å². The zero-order valence-electron chi connectivity index (χ0n) is 11.4. The van der Waals surface area contributed by atoms with Crippen LogP contribution >= 0.6 is 0 Å². The molecule has 6 nitrogen and oxygen atoms in total. The molecule has 0 bridgehead atoms. The Labute approximate surface area is 117 Å². The number of carbonyl (C=O) groups is 2. The summed E-state index contributed by atoms with van der Waals surface area (Å²) in [6.07, 6.45) is 0. The molecule has 1 heterocycles. The van der Waals surface area contributed by atoms with Crippen LogP contribution in [0.2, 0.25) is 0 Å². The van der Waals surface area contributed by atoms with Crippen molar-refractivity contribution in [2.75, 3.05) is 39.8 Å². The lowest BCUT2D eigenvalue weighted by atomic mass is 10.1. The molecule has 1 saturated heterocycles. The lowest BCUT2D eigenvalue weighted by Crippen LogP contribution is -3.16. The number of methoxy groups -OCH3 is 1. The van der Waals surface area contributed by atoms with Crippen LogP contribution in [0.4, 0.5) is 0 Å². The van der Waals surface area contributed by atoms with E-state index in [4.69, 9.17) is 4.74 Å². The number of carboxylic acid groups (broad SMARTS) is 1. The van der Waals surface area contributed by atoms with Gasteiger partial charge < -0.3 is 24.4 Å². The van der Waals surface area contributed by atoms with Crippen molar-refractivity contribution in [2.45, 2.75) is 0 Å². The third-order valence-electron chi connectivity index (χ3n) is 3.47. The summed E-state index contributed by atoms with van der Waals surface area (Å²) in [6, 6.07) is 7.04. The van der Waals surface area contributed by atoms with Gasteiger partial charge in [0.1, 0.15) is 12.3 Å². The Hall–Kier alpha value is -2.08. The minimum Gasteiger partial charge on any atom is -0.544 e. The number of hydrogen-bond acceptors (Lipinski definition) is 4. The van der Waals surface area contributed by atoms with Gasteiger partial charge in [0.05, 0.1) is 39.3 Å². The topological polar surface area (TPSA) is 74.1 Å². The highest BCUT2D eigenvalue weighted by Gasteiger charge is 2.24. The molecule has 1 fully saturated rings. The lowest BCUT2D eigenvalue weighted by Gasteiger charge is -2.32. The van der Waals surface area contributed by atoms with Crippen LogP contribution in [0, 0.1) is 0 Å². The first-order valence-corrected chi connectivity index (χ1v) is 6.57. The first kappa shape index (κ1) is 14.3. The summed E-state index contributed by atoms with van der Waals surface area (Å²) in [7, 11) is 1.56. The maximum atomic E-state index is 12.3. The fourth-order valence-electron chi connectivity index (χ4n) is 2.35. The average molecular weight is 278 g/mol. The predicted octanol–water partition coefficient (Wildman–Crippen LogP) is -2.21. The molecule has 1 aliphatic heterocycles. The predicted molar refractivity (Wildman–Crippen MR) is 69.5 cm³/mol. The number of carbonyl (C=O) groups excluding carboxylic acids is 2. The summed E-state index contributed by atoms with van der Waals surface area (Å²) < 4.78 is 5.11. The third-order valence-corrected chi connectivity index (χ3v) is 3.47. The summed E-state index contributed by atoms with van der Waals surface area (Å²) in [4.78, 5) is 25.6. The van der Waals surface area contributed by atoms with Gasteiger partial charge in [-0.3, -0.25) is 4.79 Å². The second-order valence-corrected chi connectivity index (χ2v) is 4.82. The molecule has 1 aromatic rings. The number of rotatable bonds is 4. The van der Waals surface area contributed by atoms with Crippen molar-refractivity contribution >= 4 is 11.9 Å². The maximum absolute atomic E-state index is 12.3. The van der Waals surface area contributed by atoms with Gasteiger partial charge in [0, 0.05) is 5.56 Å². The molecule has 0 radical (unpaired) electrons. The second-order valence-electron chi connectivity index (χ2n) is 4.82. The van der Waals surface area contributed by atoms with Crippen LogP contribution in [0.15, 0.2) is 24.3 Å². The number of amides is 1. The summed E-state index contributed by atoms with van der Waals surface area (Å²) in [5, 5.41) is 10.5. The smallest absolute Gasteiger partial charge is 0.254 e. The molecule has 2 rings (SSSR count). The second kappa shape index (κ2) is 6.38. The first-order valence-electron chi connectivity index (χ1n) is 6.57. The van der Waals surface area contributed by atoms with Gasteiger partial charge in [0.15, 0.2) is 0 Å². The molecule has 6 heteroatoms. The van der Waals surface area contributed by atoms with Crippen molar-refractivity contribution in [3.05, 3.63) is 29.8 Å². The van der Waals surface area contributed by atoms with E-state index in [1.54, 1.807) is 36.3 Å². The van der Waals surface area contributed by atoms with E-state index < -0.39 is 5.97 Å². The van der Waals surface area contributed by atoms with Crippen LogP contribution in [0.1, 0.15) is 10.4 Å². The van der Waals surface area contributed by atoms with E-state index in [9.17, 15) is 14.7 Å². The molecule has 0 aromatic heterocycles. The van der Waals surface area contributed by atoms with Gasteiger partial charge in [-0.05, 0) is 18.2 Å². The minimum absolute atomic E-state index is 0.00118. The number of piperazine rings is 1. The Morgan fingerprint density at radius 3 is 2.65 bits per heavy atom. The van der Waals surface area contributed by atoms with Crippen molar-refractivity contribution in [3.8, 4) is 5.75 Å². The molecule has 0 unspecified atom stereocenters. The number of benzene rings is 1. The summed E-state index contributed by atoms with van der Waals surface area (Å²) in [5.74, 6) is -0.443. The van der Waals surface area contributed by atoms with E-state index in [1.807, 2.05) is 0 Å². The van der Waals surface area contributed by atoms with Gasteiger partial charge in [0.25, 0.3) is 5.91 Å². The normalized spacial score (nSPS) is 15.9. The van der Waals surface area contributed by atoms with E-state index in [2.05, 4.69) is 0 Å². The number of quaternary nitrogens is 1. The quantitative estimate of drug-likeness (QED) is 0.677. The van der Waals surface area contributed by atoms with Crippen LogP contribution < -0.4 is 14.7 Å². The Kier molecular flexibility index (Phi) is 4.57. The van der Waals surface area contributed by atoms with E-state index in [-0.39, 0.29) is 12.5 Å². The van der Waals surface area contributed by atoms with Crippen molar-refractivity contribution in [1.82, 2.24) is 4.90 Å². The van der Waals surface area contributed by atoms with Gasteiger partial charge in [-0.1, -0.05) is 6.07 Å². The highest BCUT2D eigenvalue weighted by Crippen LogP contribution is 2.14. The van der Waals surface area contributed by atoms with Gasteiger partial charge in [-0.25, -0.2) is 0 Å². The van der Waals surface area contributed by atoms with Crippen LogP contribution in [0.5, 0.6) is 5.75 Å². The van der Waals surface area contributed by atoms with E-state index >= 15 is 0 Å². The van der Waals surface area contributed by atoms with Gasteiger partial charge >= 0.3 is 0 Å².